The lowest BCUT2D eigenvalue weighted by atomic mass is 9.88. The van der Waals surface area contributed by atoms with Crippen LogP contribution in [0.4, 0.5) is 0 Å². The molecule has 0 radical (unpaired) electrons. The van der Waals surface area contributed by atoms with Crippen LogP contribution in [0.2, 0.25) is 0 Å². The second-order valence-corrected chi connectivity index (χ2v) is 14.9. The highest BCUT2D eigenvalue weighted by Crippen LogP contribution is 2.43. The van der Waals surface area contributed by atoms with Gasteiger partial charge in [0, 0.05) is 49.7 Å². The van der Waals surface area contributed by atoms with Crippen molar-refractivity contribution in [1.82, 2.24) is 23.9 Å². The Labute approximate surface area is 265 Å². The van der Waals surface area contributed by atoms with E-state index in [0.717, 1.165) is 60.3 Å². The van der Waals surface area contributed by atoms with Crippen LogP contribution in [-0.4, -0.2) is 75.2 Å². The number of benzene rings is 2. The number of hydrogen-bond donors (Lipinski definition) is 1. The minimum atomic E-state index is 0.0423. The number of amides is 1. The van der Waals surface area contributed by atoms with Crippen molar-refractivity contribution in [3.05, 3.63) is 47.5 Å². The summed E-state index contributed by atoms with van der Waals surface area (Å²) in [6.45, 7) is 5.50. The number of nitrogens with two attached hydrogens (primary N) is 1. The first-order valence-electron chi connectivity index (χ1n) is 17.4. The molecule has 45 heavy (non-hydrogen) atoms. The Morgan fingerprint density at radius 1 is 0.956 bits per heavy atom. The highest BCUT2D eigenvalue weighted by atomic mass is 16.5. The largest absolute Gasteiger partial charge is 0.494 e. The molecule has 236 valence electrons. The summed E-state index contributed by atoms with van der Waals surface area (Å²) in [6, 6.07) is 13.4. The van der Waals surface area contributed by atoms with Gasteiger partial charge in [-0.15, -0.1) is 0 Å². The fourth-order valence-electron chi connectivity index (χ4n) is 8.98. The Morgan fingerprint density at radius 2 is 1.73 bits per heavy atom. The van der Waals surface area contributed by atoms with Crippen molar-refractivity contribution in [2.45, 2.75) is 75.9 Å². The van der Waals surface area contributed by atoms with Crippen LogP contribution >= 0.6 is 0 Å². The van der Waals surface area contributed by atoms with Gasteiger partial charge >= 0.3 is 0 Å². The number of aryl methyl sites for hydroxylation is 1. The number of para-hydroxylation sites is 1. The molecule has 0 spiro atoms. The number of piperidine rings is 2. The first-order chi connectivity index (χ1) is 22.0. The fraction of sp³-hybridized carbons (Fsp3) is 0.568. The van der Waals surface area contributed by atoms with E-state index in [9.17, 15) is 4.79 Å². The van der Waals surface area contributed by atoms with E-state index in [1.807, 2.05) is 17.0 Å². The second kappa shape index (κ2) is 10.6. The van der Waals surface area contributed by atoms with E-state index in [2.05, 4.69) is 45.3 Å². The molecule has 8 nitrogen and oxygen atoms in total. The molecule has 3 saturated carbocycles. The van der Waals surface area contributed by atoms with Crippen LogP contribution in [0.15, 0.2) is 36.4 Å². The number of likely N-dealkylation sites (tertiary alicyclic amines) is 2. The Balaban J connectivity index is 1.11. The molecule has 4 heterocycles. The molecule has 2 bridgehead atoms. The van der Waals surface area contributed by atoms with Crippen LogP contribution in [0.3, 0.4) is 0 Å². The summed E-state index contributed by atoms with van der Waals surface area (Å²) >= 11 is 0. The second-order valence-electron chi connectivity index (χ2n) is 14.9. The number of hydrogen-bond acceptors (Lipinski definition) is 5. The topological polar surface area (TPSA) is 81.6 Å². The molecule has 5 fully saturated rings. The van der Waals surface area contributed by atoms with Gasteiger partial charge in [-0.25, -0.2) is 4.98 Å². The molecule has 9 rings (SSSR count). The van der Waals surface area contributed by atoms with E-state index in [1.165, 1.54) is 74.6 Å². The molecular formula is C37H46N6O2. The Hall–Kier alpha value is -3.36. The number of ether oxygens (including phenoxy) is 1. The lowest BCUT2D eigenvalue weighted by molar-refractivity contribution is 0.0700. The van der Waals surface area contributed by atoms with Gasteiger partial charge < -0.3 is 29.4 Å². The molecule has 0 unspecified atom stereocenters. The van der Waals surface area contributed by atoms with Gasteiger partial charge in [-0.3, -0.25) is 4.79 Å². The van der Waals surface area contributed by atoms with E-state index >= 15 is 0 Å². The molecule has 8 heteroatoms. The van der Waals surface area contributed by atoms with E-state index in [1.54, 1.807) is 7.11 Å². The molecule has 2 aromatic carbocycles. The highest BCUT2D eigenvalue weighted by molar-refractivity contribution is 6.00. The zero-order valence-electron chi connectivity index (χ0n) is 26.8. The summed E-state index contributed by atoms with van der Waals surface area (Å²) < 4.78 is 10.7. The first-order valence-corrected chi connectivity index (χ1v) is 17.4. The van der Waals surface area contributed by atoms with Gasteiger partial charge in [0.1, 0.15) is 11.3 Å². The predicted octanol–water partition coefficient (Wildman–Crippen LogP) is 5.76. The molecule has 4 aromatic rings. The fourth-order valence-corrected chi connectivity index (χ4v) is 8.98. The quantitative estimate of drug-likeness (QED) is 0.276. The minimum absolute atomic E-state index is 0.0423. The van der Waals surface area contributed by atoms with E-state index in [0.29, 0.717) is 23.1 Å². The molecular weight excluding hydrogens is 560 g/mol. The lowest BCUT2D eigenvalue weighted by Crippen LogP contribution is -2.41. The minimum Gasteiger partial charge on any atom is -0.494 e. The number of carbonyl (C=O) groups is 1. The molecule has 2 N–H and O–H groups in total. The van der Waals surface area contributed by atoms with E-state index in [-0.39, 0.29) is 18.0 Å². The normalized spacial score (nSPS) is 25.7. The van der Waals surface area contributed by atoms with Gasteiger partial charge in [-0.1, -0.05) is 18.2 Å². The lowest BCUT2D eigenvalue weighted by Gasteiger charge is -2.32. The van der Waals surface area contributed by atoms with Crippen molar-refractivity contribution in [3.63, 3.8) is 0 Å². The number of imidazole rings is 1. The number of fused-ring (bicyclic) bond motifs is 4. The molecule has 3 aliphatic carbocycles. The zero-order valence-corrected chi connectivity index (χ0v) is 26.8. The van der Waals surface area contributed by atoms with Gasteiger partial charge in [0.2, 0.25) is 0 Å². The van der Waals surface area contributed by atoms with Crippen molar-refractivity contribution in [3.8, 4) is 17.3 Å². The number of carbonyl (C=O) groups excluding carboxylic acids is 1. The van der Waals surface area contributed by atoms with Crippen LogP contribution in [0.5, 0.6) is 5.75 Å². The number of nitrogens with zero attached hydrogens (tertiary/aromatic N) is 5. The number of methoxy groups -OCH3 is 1. The van der Waals surface area contributed by atoms with E-state index in [4.69, 9.17) is 15.5 Å². The molecule has 3 atom stereocenters. The summed E-state index contributed by atoms with van der Waals surface area (Å²) in [5.74, 6) is 4.35. The van der Waals surface area contributed by atoms with Crippen molar-refractivity contribution >= 4 is 27.8 Å². The van der Waals surface area contributed by atoms with Gasteiger partial charge in [0.25, 0.3) is 5.91 Å². The average molecular weight is 607 g/mol. The summed E-state index contributed by atoms with van der Waals surface area (Å²) in [5.41, 5.74) is 12.9. The zero-order chi connectivity index (χ0) is 30.4. The number of rotatable bonds is 8. The van der Waals surface area contributed by atoms with Crippen LogP contribution < -0.4 is 10.5 Å². The molecule has 2 aromatic heterocycles. The van der Waals surface area contributed by atoms with Crippen LogP contribution in [0.25, 0.3) is 33.5 Å². The SMILES string of the molecule is COc1cc(C(=O)N2C[C@H]3CC[C@@H]2[C@@H]3N)cc2nc(-c3cc4cccc(C5CCN(CC6CC6)CC5)c4n3CC3CC3)n(C)c12. The van der Waals surface area contributed by atoms with Gasteiger partial charge in [-0.2, -0.15) is 0 Å². The van der Waals surface area contributed by atoms with Crippen molar-refractivity contribution in [1.29, 1.82) is 0 Å². The third kappa shape index (κ3) is 4.70. The third-order valence-electron chi connectivity index (χ3n) is 11.9. The van der Waals surface area contributed by atoms with Crippen LogP contribution in [-0.2, 0) is 13.6 Å². The molecule has 1 amide bonds. The maximum atomic E-state index is 13.8. The van der Waals surface area contributed by atoms with Gasteiger partial charge in [-0.05, 0) is 112 Å². The van der Waals surface area contributed by atoms with E-state index < -0.39 is 0 Å². The summed E-state index contributed by atoms with van der Waals surface area (Å²) in [6.07, 6.45) is 10.0. The standard InChI is InChI=1S/C37H46N6O2/c1-40-35-29(16-27(18-32(35)45-2)37(44)43-21-26-10-11-30(43)33(26)38)39-36(40)31-17-25-4-3-5-28(34(25)42(31)20-23-8-9-23)24-12-14-41(15-13-24)19-22-6-7-22/h3-5,16-18,22-24,26,30,33H,6-15,19-21,38H2,1-2H3/t26-,30-,33-/m1/s1. The van der Waals surface area contributed by atoms with Gasteiger partial charge in [0.05, 0.1) is 23.8 Å². The monoisotopic (exact) mass is 606 g/mol. The first kappa shape index (κ1) is 27.9. The summed E-state index contributed by atoms with van der Waals surface area (Å²) in [5, 5.41) is 1.30. The average Bonchev–Trinajstić information content (AvgIpc) is 3.95. The smallest absolute Gasteiger partial charge is 0.254 e. The van der Waals surface area contributed by atoms with Crippen LogP contribution in [0.1, 0.15) is 73.2 Å². The Bertz CT molecular complexity index is 1790. The number of aromatic nitrogens is 3. The Kier molecular flexibility index (Phi) is 6.57. The summed E-state index contributed by atoms with van der Waals surface area (Å²) in [4.78, 5) is 23.7. The molecule has 2 saturated heterocycles. The van der Waals surface area contributed by atoms with Crippen molar-refractivity contribution in [2.75, 3.05) is 33.3 Å². The maximum absolute atomic E-state index is 13.8. The molecule has 2 aliphatic heterocycles. The van der Waals surface area contributed by atoms with Crippen LogP contribution in [0, 0.1) is 17.8 Å². The third-order valence-corrected chi connectivity index (χ3v) is 11.9. The van der Waals surface area contributed by atoms with Crippen molar-refractivity contribution in [2.24, 2.45) is 30.5 Å². The highest BCUT2D eigenvalue weighted by Gasteiger charge is 2.47. The van der Waals surface area contributed by atoms with Crippen molar-refractivity contribution < 1.29 is 9.53 Å². The predicted molar refractivity (Wildman–Crippen MR) is 178 cm³/mol. The Morgan fingerprint density at radius 3 is 2.42 bits per heavy atom. The van der Waals surface area contributed by atoms with Gasteiger partial charge in [0.15, 0.2) is 5.82 Å². The summed E-state index contributed by atoms with van der Waals surface area (Å²) in [7, 11) is 3.78. The molecule has 5 aliphatic rings. The maximum Gasteiger partial charge on any atom is 0.254 e.